The first-order valence-corrected chi connectivity index (χ1v) is 10.3. The quantitative estimate of drug-likeness (QED) is 0.661. The van der Waals surface area contributed by atoms with E-state index < -0.39 is 0 Å². The average Bonchev–Trinajstić information content (AvgIpc) is 3.07. The molecule has 2 aromatic carbocycles. The topological polar surface area (TPSA) is 59.4 Å². The summed E-state index contributed by atoms with van der Waals surface area (Å²) in [7, 11) is 0. The van der Waals surface area contributed by atoms with Gasteiger partial charge >= 0.3 is 0 Å². The molecule has 6 nitrogen and oxygen atoms in total. The summed E-state index contributed by atoms with van der Waals surface area (Å²) < 4.78 is 7.88. The smallest absolute Gasteiger partial charge is 0.262 e. The van der Waals surface area contributed by atoms with Crippen molar-refractivity contribution in [1.82, 2.24) is 14.5 Å². The maximum atomic E-state index is 12.3. The predicted octanol–water partition coefficient (Wildman–Crippen LogP) is 3.98. The summed E-state index contributed by atoms with van der Waals surface area (Å²) in [5, 5.41) is 2.91. The van der Waals surface area contributed by atoms with E-state index in [1.807, 2.05) is 49.4 Å². The molecule has 0 radical (unpaired) electrons. The first-order valence-electron chi connectivity index (χ1n) is 10.3. The molecule has 29 heavy (non-hydrogen) atoms. The molecule has 152 valence electrons. The van der Waals surface area contributed by atoms with Crippen LogP contribution in [-0.4, -0.2) is 40.1 Å². The Labute approximate surface area is 171 Å². The van der Waals surface area contributed by atoms with E-state index >= 15 is 0 Å². The summed E-state index contributed by atoms with van der Waals surface area (Å²) in [6.07, 6.45) is 2.44. The molecule has 1 N–H and O–H groups in total. The van der Waals surface area contributed by atoms with Gasteiger partial charge in [-0.1, -0.05) is 25.5 Å². The van der Waals surface area contributed by atoms with Crippen LogP contribution in [0.25, 0.3) is 11.0 Å². The molecule has 0 fully saturated rings. The van der Waals surface area contributed by atoms with Crippen LogP contribution in [0.3, 0.4) is 0 Å². The molecule has 1 aliphatic rings. The molecule has 3 aromatic rings. The molecule has 2 heterocycles. The lowest BCUT2D eigenvalue weighted by Crippen LogP contribution is -2.34. The third-order valence-electron chi connectivity index (χ3n) is 5.30. The first-order chi connectivity index (χ1) is 14.1. The van der Waals surface area contributed by atoms with Crippen LogP contribution in [-0.2, 0) is 17.9 Å². The molecular weight excluding hydrogens is 364 g/mol. The first kappa shape index (κ1) is 19.5. The number of amides is 1. The second-order valence-electron chi connectivity index (χ2n) is 7.67. The Morgan fingerprint density at radius 3 is 2.93 bits per heavy atom. The number of carbonyl (C=O) groups excluding carboxylic acids is 1. The number of hydrogen-bond donors (Lipinski definition) is 1. The zero-order chi connectivity index (χ0) is 20.2. The fraction of sp³-hybridized carbons (Fsp3) is 0.391. The van der Waals surface area contributed by atoms with Crippen molar-refractivity contribution in [3.05, 3.63) is 53.9 Å². The van der Waals surface area contributed by atoms with Crippen molar-refractivity contribution >= 4 is 22.6 Å². The van der Waals surface area contributed by atoms with Crippen LogP contribution in [0.15, 0.2) is 42.5 Å². The Bertz CT molecular complexity index is 1010. The Morgan fingerprint density at radius 2 is 2.10 bits per heavy atom. The molecule has 0 unspecified atom stereocenters. The normalized spacial score (nSPS) is 14.0. The summed E-state index contributed by atoms with van der Waals surface area (Å²) in [4.78, 5) is 19.6. The van der Waals surface area contributed by atoms with Gasteiger partial charge in [0.25, 0.3) is 5.91 Å². The molecule has 0 spiro atoms. The Hall–Kier alpha value is -2.86. The fourth-order valence-electron chi connectivity index (χ4n) is 3.77. The van der Waals surface area contributed by atoms with Gasteiger partial charge in [0.15, 0.2) is 6.61 Å². The fourth-order valence-corrected chi connectivity index (χ4v) is 3.77. The van der Waals surface area contributed by atoms with Crippen molar-refractivity contribution in [2.24, 2.45) is 0 Å². The van der Waals surface area contributed by atoms with E-state index in [0.29, 0.717) is 5.75 Å². The molecule has 1 amide bonds. The molecular formula is C23H28N4O2. The molecule has 6 heteroatoms. The number of nitrogens with zero attached hydrogens (tertiary/aromatic N) is 3. The number of aryl methyl sites for hydroxylation is 1. The second kappa shape index (κ2) is 8.66. The van der Waals surface area contributed by atoms with Crippen molar-refractivity contribution in [1.29, 1.82) is 0 Å². The maximum absolute atomic E-state index is 12.3. The number of unbranched alkanes of at least 4 members (excludes halogenated alkanes) is 1. The van der Waals surface area contributed by atoms with E-state index in [9.17, 15) is 4.79 Å². The van der Waals surface area contributed by atoms with Gasteiger partial charge in [0.2, 0.25) is 0 Å². The number of fused-ring (bicyclic) bond motifs is 3. The highest BCUT2D eigenvalue weighted by atomic mass is 16.5. The highest BCUT2D eigenvalue weighted by molar-refractivity contribution is 5.94. The highest BCUT2D eigenvalue weighted by Gasteiger charge is 2.19. The lowest BCUT2D eigenvalue weighted by atomic mass is 10.2. The minimum atomic E-state index is -0.180. The number of imidazole rings is 1. The van der Waals surface area contributed by atoms with Gasteiger partial charge in [-0.25, -0.2) is 4.98 Å². The number of ether oxygens (including phenoxy) is 1. The van der Waals surface area contributed by atoms with E-state index in [1.54, 1.807) is 0 Å². The van der Waals surface area contributed by atoms with E-state index in [1.165, 1.54) is 12.8 Å². The summed E-state index contributed by atoms with van der Waals surface area (Å²) in [6, 6.07) is 13.6. The van der Waals surface area contributed by atoms with Crippen molar-refractivity contribution in [3.63, 3.8) is 0 Å². The molecule has 1 aliphatic heterocycles. The Morgan fingerprint density at radius 1 is 1.21 bits per heavy atom. The van der Waals surface area contributed by atoms with Gasteiger partial charge in [0, 0.05) is 18.8 Å². The van der Waals surface area contributed by atoms with Crippen molar-refractivity contribution < 1.29 is 9.53 Å². The van der Waals surface area contributed by atoms with Gasteiger partial charge in [-0.15, -0.1) is 0 Å². The van der Waals surface area contributed by atoms with Gasteiger partial charge in [-0.2, -0.15) is 0 Å². The number of hydrogen-bond acceptors (Lipinski definition) is 4. The van der Waals surface area contributed by atoms with E-state index in [4.69, 9.17) is 9.72 Å². The maximum Gasteiger partial charge on any atom is 0.262 e. The summed E-state index contributed by atoms with van der Waals surface area (Å²) in [6.45, 7) is 8.24. The summed E-state index contributed by atoms with van der Waals surface area (Å²) >= 11 is 0. The van der Waals surface area contributed by atoms with Crippen molar-refractivity contribution in [2.75, 3.05) is 25.0 Å². The van der Waals surface area contributed by atoms with E-state index in [0.717, 1.165) is 54.3 Å². The van der Waals surface area contributed by atoms with Crippen molar-refractivity contribution in [3.8, 4) is 5.75 Å². The Kier molecular flexibility index (Phi) is 5.81. The van der Waals surface area contributed by atoms with Gasteiger partial charge < -0.3 is 14.6 Å². The third kappa shape index (κ3) is 4.59. The van der Waals surface area contributed by atoms with Crippen LogP contribution < -0.4 is 10.1 Å². The second-order valence-corrected chi connectivity index (χ2v) is 7.67. The predicted molar refractivity (Wildman–Crippen MR) is 115 cm³/mol. The summed E-state index contributed by atoms with van der Waals surface area (Å²) in [5.41, 5.74) is 3.90. The minimum absolute atomic E-state index is 0.0203. The largest absolute Gasteiger partial charge is 0.484 e. The standard InChI is InChI=1S/C23H28N4O2/c1-3-4-10-26-11-12-27-21-9-8-18(14-20(21)25-22(27)15-26)24-23(28)16-29-19-7-5-6-17(2)13-19/h5-9,13-14H,3-4,10-12,15-16H2,1-2H3,(H,24,28). The lowest BCUT2D eigenvalue weighted by Gasteiger charge is -2.27. The number of rotatable bonds is 7. The molecule has 4 rings (SSSR count). The third-order valence-corrected chi connectivity index (χ3v) is 5.30. The summed E-state index contributed by atoms with van der Waals surface area (Å²) in [5.74, 6) is 1.62. The molecule has 0 aliphatic carbocycles. The number of benzene rings is 2. The van der Waals surface area contributed by atoms with E-state index in [-0.39, 0.29) is 12.5 Å². The van der Waals surface area contributed by atoms with Gasteiger partial charge in [-0.05, 0) is 55.8 Å². The minimum Gasteiger partial charge on any atom is -0.484 e. The zero-order valence-electron chi connectivity index (χ0n) is 17.1. The van der Waals surface area contributed by atoms with Gasteiger partial charge in [0.1, 0.15) is 11.6 Å². The zero-order valence-corrected chi connectivity index (χ0v) is 17.1. The number of anilines is 1. The lowest BCUT2D eigenvalue weighted by molar-refractivity contribution is -0.118. The monoisotopic (exact) mass is 392 g/mol. The number of nitrogens with one attached hydrogen (secondary N) is 1. The van der Waals surface area contributed by atoms with Crippen LogP contribution in [0.5, 0.6) is 5.75 Å². The van der Waals surface area contributed by atoms with Crippen LogP contribution in [0, 0.1) is 6.92 Å². The van der Waals surface area contributed by atoms with Crippen molar-refractivity contribution in [2.45, 2.75) is 39.8 Å². The SMILES string of the molecule is CCCCN1CCn2c(nc3cc(NC(=O)COc4cccc(C)c4)ccc32)C1. The highest BCUT2D eigenvalue weighted by Crippen LogP contribution is 2.24. The van der Waals surface area contributed by atoms with Gasteiger partial charge in [-0.3, -0.25) is 9.69 Å². The van der Waals surface area contributed by atoms with Crippen LogP contribution in [0.4, 0.5) is 5.69 Å². The van der Waals surface area contributed by atoms with Gasteiger partial charge in [0.05, 0.1) is 17.6 Å². The number of aromatic nitrogens is 2. The van der Waals surface area contributed by atoms with Crippen LogP contribution in [0.2, 0.25) is 0 Å². The molecule has 0 saturated heterocycles. The average molecular weight is 393 g/mol. The molecule has 0 atom stereocenters. The van der Waals surface area contributed by atoms with Crippen LogP contribution >= 0.6 is 0 Å². The molecule has 0 saturated carbocycles. The van der Waals surface area contributed by atoms with Crippen LogP contribution in [0.1, 0.15) is 31.2 Å². The van der Waals surface area contributed by atoms with E-state index in [2.05, 4.69) is 21.7 Å². The molecule has 0 bridgehead atoms. The molecule has 1 aromatic heterocycles. The Balaban J connectivity index is 1.41. The number of carbonyl (C=O) groups is 1.